The number of methoxy groups -OCH3 is 1. The van der Waals surface area contributed by atoms with Crippen LogP contribution >= 0.6 is 0 Å². The van der Waals surface area contributed by atoms with Crippen molar-refractivity contribution in [2.75, 3.05) is 13.7 Å². The Balaban J connectivity index is 2.12. The number of amides is 1. The lowest BCUT2D eigenvalue weighted by molar-refractivity contribution is -0.141. The van der Waals surface area contributed by atoms with Crippen molar-refractivity contribution >= 4 is 11.9 Å². The molecule has 0 saturated carbocycles. The Labute approximate surface area is 111 Å². The molecule has 2 atom stereocenters. The summed E-state index contributed by atoms with van der Waals surface area (Å²) in [6.45, 7) is 0.259. The molecule has 5 nitrogen and oxygen atoms in total. The molecule has 19 heavy (non-hydrogen) atoms. The minimum atomic E-state index is -0.581. The first-order valence-corrected chi connectivity index (χ1v) is 6.22. The monoisotopic (exact) mass is 263 g/mol. The molecule has 1 heterocycles. The van der Waals surface area contributed by atoms with Gasteiger partial charge >= 0.3 is 5.97 Å². The third-order valence-corrected chi connectivity index (χ3v) is 3.30. The second-order valence-corrected chi connectivity index (χ2v) is 4.65. The van der Waals surface area contributed by atoms with Crippen LogP contribution < -0.4 is 0 Å². The summed E-state index contributed by atoms with van der Waals surface area (Å²) in [5.74, 6) is -0.531. The molecule has 1 aromatic rings. The topological polar surface area (TPSA) is 66.8 Å². The lowest BCUT2D eigenvalue weighted by Gasteiger charge is -2.23. The maximum absolute atomic E-state index is 12.3. The van der Waals surface area contributed by atoms with Crippen LogP contribution in [-0.2, 0) is 9.53 Å². The fourth-order valence-corrected chi connectivity index (χ4v) is 2.36. The summed E-state index contributed by atoms with van der Waals surface area (Å²) >= 11 is 0. The minimum absolute atomic E-state index is 0.117. The first-order chi connectivity index (χ1) is 9.11. The van der Waals surface area contributed by atoms with Gasteiger partial charge in [-0.3, -0.25) is 9.59 Å². The number of ether oxygens (including phenoxy) is 1. The first-order valence-electron chi connectivity index (χ1n) is 6.22. The van der Waals surface area contributed by atoms with Gasteiger partial charge in [-0.15, -0.1) is 0 Å². The number of benzene rings is 1. The number of hydrogen-bond donors (Lipinski definition) is 1. The molecule has 1 N–H and O–H groups in total. The van der Waals surface area contributed by atoms with Crippen LogP contribution in [0.5, 0.6) is 0 Å². The highest BCUT2D eigenvalue weighted by Crippen LogP contribution is 2.23. The van der Waals surface area contributed by atoms with Crippen LogP contribution in [0.25, 0.3) is 0 Å². The van der Waals surface area contributed by atoms with E-state index < -0.39 is 6.10 Å². The number of nitrogens with zero attached hydrogens (tertiary/aromatic N) is 1. The minimum Gasteiger partial charge on any atom is -0.469 e. The zero-order valence-corrected chi connectivity index (χ0v) is 10.8. The summed E-state index contributed by atoms with van der Waals surface area (Å²) in [6.07, 6.45) is -0.0536. The van der Waals surface area contributed by atoms with E-state index in [2.05, 4.69) is 4.74 Å². The first kappa shape index (κ1) is 13.5. The van der Waals surface area contributed by atoms with Crippen LogP contribution in [-0.4, -0.2) is 47.7 Å². The third kappa shape index (κ3) is 3.12. The Morgan fingerprint density at radius 3 is 2.68 bits per heavy atom. The Bertz CT molecular complexity index is 460. The zero-order chi connectivity index (χ0) is 13.8. The maximum Gasteiger partial charge on any atom is 0.307 e. The molecular weight excluding hydrogens is 246 g/mol. The highest BCUT2D eigenvalue weighted by molar-refractivity contribution is 5.94. The second kappa shape index (κ2) is 5.84. The van der Waals surface area contributed by atoms with Gasteiger partial charge < -0.3 is 14.7 Å². The lowest BCUT2D eigenvalue weighted by Crippen LogP contribution is -2.37. The third-order valence-electron chi connectivity index (χ3n) is 3.30. The average Bonchev–Trinajstić information content (AvgIpc) is 2.79. The van der Waals surface area contributed by atoms with Crippen molar-refractivity contribution in [1.29, 1.82) is 0 Å². The van der Waals surface area contributed by atoms with Gasteiger partial charge in [0.25, 0.3) is 5.91 Å². The number of likely N-dealkylation sites (tertiary alicyclic amines) is 1. The molecule has 2 rings (SSSR count). The van der Waals surface area contributed by atoms with Crippen molar-refractivity contribution in [3.63, 3.8) is 0 Å². The molecule has 0 aromatic heterocycles. The normalized spacial score (nSPS) is 22.3. The number of aliphatic hydroxyl groups is 1. The summed E-state index contributed by atoms with van der Waals surface area (Å²) in [7, 11) is 1.32. The molecule has 1 fully saturated rings. The summed E-state index contributed by atoms with van der Waals surface area (Å²) in [5, 5.41) is 9.71. The smallest absolute Gasteiger partial charge is 0.307 e. The van der Waals surface area contributed by atoms with E-state index in [1.807, 2.05) is 6.07 Å². The second-order valence-electron chi connectivity index (χ2n) is 4.65. The molecule has 0 aliphatic carbocycles. The quantitative estimate of drug-likeness (QED) is 0.820. The van der Waals surface area contributed by atoms with Crippen LogP contribution in [0.2, 0.25) is 0 Å². The zero-order valence-electron chi connectivity index (χ0n) is 10.8. The molecule has 1 aliphatic rings. The van der Waals surface area contributed by atoms with E-state index in [4.69, 9.17) is 0 Å². The molecule has 5 heteroatoms. The molecule has 0 radical (unpaired) electrons. The molecule has 0 spiro atoms. The number of carbonyl (C=O) groups excluding carboxylic acids is 2. The fraction of sp³-hybridized carbons (Fsp3) is 0.429. The number of aliphatic hydroxyl groups excluding tert-OH is 1. The van der Waals surface area contributed by atoms with Gasteiger partial charge in [0.1, 0.15) is 0 Å². The van der Waals surface area contributed by atoms with Crippen LogP contribution in [0.1, 0.15) is 23.2 Å². The largest absolute Gasteiger partial charge is 0.469 e. The molecule has 1 aromatic carbocycles. The van der Waals surface area contributed by atoms with Gasteiger partial charge in [-0.2, -0.15) is 0 Å². The summed E-state index contributed by atoms with van der Waals surface area (Å²) in [5.41, 5.74) is 0.562. The highest BCUT2D eigenvalue weighted by atomic mass is 16.5. The van der Waals surface area contributed by atoms with Gasteiger partial charge in [0.15, 0.2) is 0 Å². The molecule has 102 valence electrons. The Morgan fingerprint density at radius 2 is 2.05 bits per heavy atom. The van der Waals surface area contributed by atoms with Crippen LogP contribution in [0.15, 0.2) is 30.3 Å². The maximum atomic E-state index is 12.3. The van der Waals surface area contributed by atoms with E-state index >= 15 is 0 Å². The Hall–Kier alpha value is -1.88. The summed E-state index contributed by atoms with van der Waals surface area (Å²) in [4.78, 5) is 25.2. The molecule has 1 unspecified atom stereocenters. The van der Waals surface area contributed by atoms with Gasteiger partial charge in [-0.05, 0) is 18.6 Å². The number of hydrogen-bond acceptors (Lipinski definition) is 4. The molecule has 1 aliphatic heterocycles. The number of β-amino-alcohol motifs (C(OH)–C–C–N with tert-alkyl or cyclic N) is 1. The van der Waals surface area contributed by atoms with Crippen molar-refractivity contribution in [2.45, 2.75) is 25.0 Å². The van der Waals surface area contributed by atoms with Gasteiger partial charge in [-0.1, -0.05) is 18.2 Å². The average molecular weight is 263 g/mol. The predicted molar refractivity (Wildman–Crippen MR) is 68.5 cm³/mol. The standard InChI is InChI=1S/C14H17NO4/c1-19-13(17)8-11-7-12(16)9-15(11)14(18)10-5-3-2-4-6-10/h2-6,11-12,16H,7-9H2,1H3/t11?,12-/m1/s1. The Morgan fingerprint density at radius 1 is 1.37 bits per heavy atom. The van der Waals surface area contributed by atoms with Gasteiger partial charge in [0, 0.05) is 18.2 Å². The van der Waals surface area contributed by atoms with Crippen molar-refractivity contribution < 1.29 is 19.4 Å². The molecule has 1 saturated heterocycles. The van der Waals surface area contributed by atoms with Crippen molar-refractivity contribution in [1.82, 2.24) is 4.90 Å². The van der Waals surface area contributed by atoms with E-state index in [0.717, 1.165) is 0 Å². The van der Waals surface area contributed by atoms with Gasteiger partial charge in [0.2, 0.25) is 0 Å². The summed E-state index contributed by atoms with van der Waals surface area (Å²) in [6, 6.07) is 8.56. The van der Waals surface area contributed by atoms with E-state index in [9.17, 15) is 14.7 Å². The van der Waals surface area contributed by atoms with E-state index in [-0.39, 0.29) is 30.9 Å². The van der Waals surface area contributed by atoms with Gasteiger partial charge in [0.05, 0.1) is 19.6 Å². The van der Waals surface area contributed by atoms with Crippen molar-refractivity contribution in [3.05, 3.63) is 35.9 Å². The van der Waals surface area contributed by atoms with E-state index in [1.165, 1.54) is 7.11 Å². The van der Waals surface area contributed by atoms with Crippen molar-refractivity contribution in [2.24, 2.45) is 0 Å². The number of esters is 1. The van der Waals surface area contributed by atoms with Crippen molar-refractivity contribution in [3.8, 4) is 0 Å². The van der Waals surface area contributed by atoms with E-state index in [1.54, 1.807) is 29.2 Å². The summed E-state index contributed by atoms with van der Waals surface area (Å²) < 4.78 is 4.62. The fourth-order valence-electron chi connectivity index (χ4n) is 2.36. The highest BCUT2D eigenvalue weighted by Gasteiger charge is 2.36. The number of carbonyl (C=O) groups is 2. The van der Waals surface area contributed by atoms with Crippen LogP contribution in [0, 0.1) is 0 Å². The number of rotatable bonds is 3. The molecule has 1 amide bonds. The molecular formula is C14H17NO4. The predicted octanol–water partition coefficient (Wildman–Crippen LogP) is 0.825. The SMILES string of the molecule is COC(=O)CC1C[C@@H](O)CN1C(=O)c1ccccc1. The van der Waals surface area contributed by atoms with Crippen LogP contribution in [0.3, 0.4) is 0 Å². The lowest BCUT2D eigenvalue weighted by atomic mass is 10.1. The van der Waals surface area contributed by atoms with Crippen LogP contribution in [0.4, 0.5) is 0 Å². The Kier molecular flexibility index (Phi) is 4.16. The van der Waals surface area contributed by atoms with E-state index in [0.29, 0.717) is 12.0 Å². The molecule has 0 bridgehead atoms. The van der Waals surface area contributed by atoms with Gasteiger partial charge in [-0.25, -0.2) is 0 Å².